The van der Waals surface area contributed by atoms with Crippen LogP contribution >= 0.6 is 23.2 Å². The zero-order valence-corrected chi connectivity index (χ0v) is 20.6. The van der Waals surface area contributed by atoms with Crippen LogP contribution in [0.25, 0.3) is 0 Å². The molecule has 2 aromatic rings. The van der Waals surface area contributed by atoms with Gasteiger partial charge < -0.3 is 20.7 Å². The van der Waals surface area contributed by atoms with E-state index in [1.807, 2.05) is 6.92 Å². The second kappa shape index (κ2) is 11.3. The summed E-state index contributed by atoms with van der Waals surface area (Å²) in [6, 6.07) is 10.1. The zero-order chi connectivity index (χ0) is 24.8. The van der Waals surface area contributed by atoms with Crippen molar-refractivity contribution in [3.8, 4) is 0 Å². The highest BCUT2D eigenvalue weighted by atomic mass is 35.5. The van der Waals surface area contributed by atoms with Crippen LogP contribution in [-0.2, 0) is 9.53 Å². The summed E-state index contributed by atoms with van der Waals surface area (Å²) in [4.78, 5) is 39.6. The van der Waals surface area contributed by atoms with Crippen LogP contribution in [0, 0.1) is 0 Å². The first-order valence-corrected chi connectivity index (χ1v) is 11.6. The Bertz CT molecular complexity index is 1140. The molecule has 3 rings (SSSR count). The first kappa shape index (κ1) is 25.4. The Morgan fingerprint density at radius 1 is 1.12 bits per heavy atom. The number of anilines is 2. The number of carbonyl (C=O) groups excluding carboxylic acids is 3. The fourth-order valence-corrected chi connectivity index (χ4v) is 4.12. The number of urea groups is 2. The molecule has 2 aromatic carbocycles. The summed E-state index contributed by atoms with van der Waals surface area (Å²) in [6.07, 6.45) is 0.734. The van der Waals surface area contributed by atoms with Crippen LogP contribution < -0.4 is 16.0 Å². The van der Waals surface area contributed by atoms with Gasteiger partial charge >= 0.3 is 18.0 Å². The number of rotatable bonds is 7. The summed E-state index contributed by atoms with van der Waals surface area (Å²) in [5.41, 5.74) is 2.38. The highest BCUT2D eigenvalue weighted by Crippen LogP contribution is 2.32. The van der Waals surface area contributed by atoms with E-state index in [1.165, 1.54) is 11.0 Å². The number of hydrogen-bond donors (Lipinski definition) is 3. The molecule has 10 heteroatoms. The van der Waals surface area contributed by atoms with Crippen molar-refractivity contribution in [3.05, 3.63) is 69.3 Å². The fraction of sp³-hybridized carbons (Fsp3) is 0.292. The molecule has 0 saturated carbocycles. The highest BCUT2D eigenvalue weighted by molar-refractivity contribution is 6.36. The van der Waals surface area contributed by atoms with Crippen molar-refractivity contribution in [1.82, 2.24) is 10.2 Å². The Kier molecular flexibility index (Phi) is 8.41. The SMILES string of the molecule is CCCN1C(=O)N[C@H](c2cccc(NC(=O)Nc3ccc(Cl)cc3Cl)c2)C(C(=O)OCC)=C1C. The third-order valence-electron chi connectivity index (χ3n) is 5.20. The molecule has 8 nitrogen and oxygen atoms in total. The molecule has 0 saturated heterocycles. The molecule has 180 valence electrons. The molecule has 0 aromatic heterocycles. The number of nitrogens with one attached hydrogen (secondary N) is 3. The lowest BCUT2D eigenvalue weighted by atomic mass is 9.94. The lowest BCUT2D eigenvalue weighted by molar-refractivity contribution is -0.139. The van der Waals surface area contributed by atoms with Crippen LogP contribution in [-0.4, -0.2) is 36.1 Å². The molecule has 1 heterocycles. The van der Waals surface area contributed by atoms with Gasteiger partial charge in [-0.05, 0) is 56.2 Å². The van der Waals surface area contributed by atoms with E-state index in [0.717, 1.165) is 6.42 Å². The highest BCUT2D eigenvalue weighted by Gasteiger charge is 2.36. The molecule has 3 N–H and O–H groups in total. The van der Waals surface area contributed by atoms with E-state index >= 15 is 0 Å². The molecule has 34 heavy (non-hydrogen) atoms. The summed E-state index contributed by atoms with van der Waals surface area (Å²) in [5, 5.41) is 9.05. The number of nitrogens with zero attached hydrogens (tertiary/aromatic N) is 1. The van der Waals surface area contributed by atoms with Gasteiger partial charge in [-0.1, -0.05) is 42.3 Å². The summed E-state index contributed by atoms with van der Waals surface area (Å²) >= 11 is 12.0. The van der Waals surface area contributed by atoms with E-state index in [2.05, 4.69) is 16.0 Å². The normalized spacial score (nSPS) is 15.6. The molecular formula is C24H26Cl2N4O4. The average Bonchev–Trinajstić information content (AvgIpc) is 2.78. The molecule has 0 spiro atoms. The van der Waals surface area contributed by atoms with Crippen LogP contribution in [0.4, 0.5) is 21.0 Å². The lowest BCUT2D eigenvalue weighted by Gasteiger charge is -2.35. The third-order valence-corrected chi connectivity index (χ3v) is 5.74. The summed E-state index contributed by atoms with van der Waals surface area (Å²) in [6.45, 7) is 6.10. The third kappa shape index (κ3) is 5.81. The molecule has 1 aliphatic heterocycles. The minimum absolute atomic E-state index is 0.207. The molecule has 4 amide bonds. The van der Waals surface area contributed by atoms with E-state index in [-0.39, 0.29) is 12.6 Å². The maximum atomic E-state index is 12.8. The number of esters is 1. The molecule has 0 radical (unpaired) electrons. The van der Waals surface area contributed by atoms with E-state index in [4.69, 9.17) is 27.9 Å². The zero-order valence-electron chi connectivity index (χ0n) is 19.1. The predicted molar refractivity (Wildman–Crippen MR) is 133 cm³/mol. The molecule has 1 atom stereocenters. The summed E-state index contributed by atoms with van der Waals surface area (Å²) in [7, 11) is 0. The number of benzene rings is 2. The van der Waals surface area contributed by atoms with E-state index in [9.17, 15) is 14.4 Å². The van der Waals surface area contributed by atoms with Crippen molar-refractivity contribution in [1.29, 1.82) is 0 Å². The molecular weight excluding hydrogens is 479 g/mol. The monoisotopic (exact) mass is 504 g/mol. The van der Waals surface area contributed by atoms with Gasteiger partial charge in [0.1, 0.15) is 0 Å². The largest absolute Gasteiger partial charge is 0.463 e. The summed E-state index contributed by atoms with van der Waals surface area (Å²) < 4.78 is 5.27. The van der Waals surface area contributed by atoms with Gasteiger partial charge in [-0.25, -0.2) is 14.4 Å². The quantitative estimate of drug-likeness (QED) is 0.405. The van der Waals surface area contributed by atoms with Crippen LogP contribution in [0.2, 0.25) is 10.0 Å². The van der Waals surface area contributed by atoms with Gasteiger partial charge in [0.15, 0.2) is 0 Å². The number of carbonyl (C=O) groups is 3. The topological polar surface area (TPSA) is 99.8 Å². The Morgan fingerprint density at radius 3 is 2.56 bits per heavy atom. The lowest BCUT2D eigenvalue weighted by Crippen LogP contribution is -2.48. The van der Waals surface area contributed by atoms with Crippen molar-refractivity contribution < 1.29 is 19.1 Å². The standard InChI is InChI=1S/C24H26Cl2N4O4/c1-4-11-30-14(3)20(22(31)34-5-2)21(29-24(30)33)15-7-6-8-17(12-15)27-23(32)28-19-10-9-16(25)13-18(19)26/h6-10,12-13,21H,4-5,11H2,1-3H3,(H,29,33)(H2,27,28,32)/t21-/m1/s1. The second-order valence-electron chi connectivity index (χ2n) is 7.58. The number of amides is 4. The van der Waals surface area contributed by atoms with Gasteiger partial charge in [0, 0.05) is 23.0 Å². The molecule has 0 bridgehead atoms. The number of allylic oxidation sites excluding steroid dienone is 1. The first-order valence-electron chi connectivity index (χ1n) is 10.8. The van der Waals surface area contributed by atoms with Gasteiger partial charge in [0.05, 0.1) is 28.9 Å². The second-order valence-corrected chi connectivity index (χ2v) is 8.43. The number of halogens is 2. The minimum Gasteiger partial charge on any atom is -0.463 e. The fourth-order valence-electron chi connectivity index (χ4n) is 3.67. The van der Waals surface area contributed by atoms with E-state index < -0.39 is 18.0 Å². The predicted octanol–water partition coefficient (Wildman–Crippen LogP) is 5.95. The van der Waals surface area contributed by atoms with Crippen molar-refractivity contribution in [2.45, 2.75) is 33.2 Å². The maximum absolute atomic E-state index is 12.8. The van der Waals surface area contributed by atoms with Crippen molar-refractivity contribution in [2.75, 3.05) is 23.8 Å². The molecule has 0 fully saturated rings. The van der Waals surface area contributed by atoms with Gasteiger partial charge in [-0.3, -0.25) is 4.90 Å². The van der Waals surface area contributed by atoms with Crippen LogP contribution in [0.15, 0.2) is 53.7 Å². The first-order chi connectivity index (χ1) is 16.2. The van der Waals surface area contributed by atoms with Gasteiger partial charge in [0.2, 0.25) is 0 Å². The average molecular weight is 505 g/mol. The Balaban J connectivity index is 1.87. The molecule has 1 aliphatic rings. The molecule has 0 unspecified atom stereocenters. The molecule has 0 aliphatic carbocycles. The number of hydrogen-bond acceptors (Lipinski definition) is 4. The smallest absolute Gasteiger partial charge is 0.338 e. The maximum Gasteiger partial charge on any atom is 0.338 e. The Labute approximate surface area is 208 Å². The van der Waals surface area contributed by atoms with Crippen molar-refractivity contribution in [3.63, 3.8) is 0 Å². The van der Waals surface area contributed by atoms with Crippen LogP contribution in [0.1, 0.15) is 38.8 Å². The minimum atomic E-state index is -0.727. The Hall–Kier alpha value is -3.23. The van der Waals surface area contributed by atoms with Crippen LogP contribution in [0.5, 0.6) is 0 Å². The van der Waals surface area contributed by atoms with E-state index in [0.29, 0.717) is 44.8 Å². The van der Waals surface area contributed by atoms with Crippen molar-refractivity contribution >= 4 is 52.6 Å². The van der Waals surface area contributed by atoms with Crippen LogP contribution in [0.3, 0.4) is 0 Å². The van der Waals surface area contributed by atoms with Gasteiger partial charge in [0.25, 0.3) is 0 Å². The van der Waals surface area contributed by atoms with Gasteiger partial charge in [-0.15, -0.1) is 0 Å². The van der Waals surface area contributed by atoms with Crippen molar-refractivity contribution in [2.24, 2.45) is 0 Å². The number of ether oxygens (including phenoxy) is 1. The Morgan fingerprint density at radius 2 is 1.88 bits per heavy atom. The summed E-state index contributed by atoms with van der Waals surface area (Å²) in [5.74, 6) is -0.500. The van der Waals surface area contributed by atoms with E-state index in [1.54, 1.807) is 50.2 Å². The van der Waals surface area contributed by atoms with Gasteiger partial charge in [-0.2, -0.15) is 0 Å².